The smallest absolute Gasteiger partial charge is 0.238 e. The molecule has 1 heterocycles. The summed E-state index contributed by atoms with van der Waals surface area (Å²) in [4.78, 5) is 1.41. The Labute approximate surface area is 123 Å². The van der Waals surface area contributed by atoms with Gasteiger partial charge in [-0.2, -0.15) is 0 Å². The lowest BCUT2D eigenvalue weighted by Crippen LogP contribution is -2.15. The second kappa shape index (κ2) is 5.55. The number of aryl methyl sites for hydroxylation is 1. The van der Waals surface area contributed by atoms with Crippen LogP contribution in [0.25, 0.3) is 0 Å². The van der Waals surface area contributed by atoms with Gasteiger partial charge >= 0.3 is 0 Å². The predicted molar refractivity (Wildman–Crippen MR) is 83.6 cm³/mol. The van der Waals surface area contributed by atoms with E-state index in [2.05, 4.69) is 30.6 Å². The van der Waals surface area contributed by atoms with Gasteiger partial charge in [0.2, 0.25) is 10.0 Å². The fourth-order valence-corrected chi connectivity index (χ4v) is 3.95. The molecule has 0 bridgehead atoms. The summed E-state index contributed by atoms with van der Waals surface area (Å²) in [6, 6.07) is 7.28. The normalized spacial score (nSPS) is 13.2. The molecule has 3 N–H and O–H groups in total. The van der Waals surface area contributed by atoms with Gasteiger partial charge in [-0.25, -0.2) is 13.6 Å². The lowest BCUT2D eigenvalue weighted by Gasteiger charge is -2.18. The van der Waals surface area contributed by atoms with Crippen LogP contribution in [0.4, 0.5) is 5.69 Å². The number of anilines is 1. The average Bonchev–Trinajstić information content (AvgIpc) is 2.76. The van der Waals surface area contributed by atoms with Crippen LogP contribution in [0.15, 0.2) is 34.5 Å². The highest BCUT2D eigenvalue weighted by molar-refractivity contribution is 7.89. The quantitative estimate of drug-likeness (QED) is 0.911. The Kier molecular flexibility index (Phi) is 4.17. The summed E-state index contributed by atoms with van der Waals surface area (Å²) < 4.78 is 23.1. The molecule has 20 heavy (non-hydrogen) atoms. The minimum atomic E-state index is -3.69. The standard InChI is InChI=1S/C14H18N2O2S2/c1-9-7-8-19-14(9)11(3)16-12-5-4-6-13(10(12)2)20(15,17)18/h4-8,11,16H,1-3H3,(H2,15,17,18). The van der Waals surface area contributed by atoms with Crippen LogP contribution in [-0.4, -0.2) is 8.42 Å². The highest BCUT2D eigenvalue weighted by Crippen LogP contribution is 2.29. The van der Waals surface area contributed by atoms with Gasteiger partial charge in [0.1, 0.15) is 0 Å². The summed E-state index contributed by atoms with van der Waals surface area (Å²) in [7, 11) is -3.69. The molecule has 0 spiro atoms. The highest BCUT2D eigenvalue weighted by Gasteiger charge is 2.16. The van der Waals surface area contributed by atoms with Crippen molar-refractivity contribution in [1.82, 2.24) is 0 Å². The number of hydrogen-bond donors (Lipinski definition) is 2. The number of primary sulfonamides is 1. The van der Waals surface area contributed by atoms with Gasteiger partial charge in [0.05, 0.1) is 10.9 Å². The van der Waals surface area contributed by atoms with Crippen LogP contribution >= 0.6 is 11.3 Å². The van der Waals surface area contributed by atoms with Gasteiger partial charge in [-0.3, -0.25) is 0 Å². The summed E-state index contributed by atoms with van der Waals surface area (Å²) in [5.41, 5.74) is 2.67. The SMILES string of the molecule is Cc1ccsc1C(C)Nc1cccc(S(N)(=O)=O)c1C. The van der Waals surface area contributed by atoms with Gasteiger partial charge in [-0.1, -0.05) is 6.07 Å². The zero-order valence-electron chi connectivity index (χ0n) is 11.7. The molecule has 0 aliphatic carbocycles. The van der Waals surface area contributed by atoms with Crippen LogP contribution in [0.2, 0.25) is 0 Å². The molecule has 1 atom stereocenters. The van der Waals surface area contributed by atoms with Crippen LogP contribution in [0, 0.1) is 13.8 Å². The number of thiophene rings is 1. The number of sulfonamides is 1. The van der Waals surface area contributed by atoms with E-state index in [1.807, 2.05) is 6.07 Å². The molecule has 0 radical (unpaired) electrons. The highest BCUT2D eigenvalue weighted by atomic mass is 32.2. The Hall–Kier alpha value is -1.37. The molecule has 0 saturated carbocycles. The van der Waals surface area contributed by atoms with Gasteiger partial charge in [0.15, 0.2) is 0 Å². The van der Waals surface area contributed by atoms with Crippen LogP contribution in [-0.2, 0) is 10.0 Å². The van der Waals surface area contributed by atoms with Gasteiger partial charge in [0, 0.05) is 10.6 Å². The topological polar surface area (TPSA) is 72.2 Å². The summed E-state index contributed by atoms with van der Waals surface area (Å²) in [6.07, 6.45) is 0. The van der Waals surface area contributed by atoms with Crippen molar-refractivity contribution in [2.45, 2.75) is 31.7 Å². The molecule has 0 amide bonds. The number of nitrogens with two attached hydrogens (primary N) is 1. The van der Waals surface area contributed by atoms with Crippen molar-refractivity contribution in [2.24, 2.45) is 5.14 Å². The first-order valence-electron chi connectivity index (χ1n) is 6.23. The first kappa shape index (κ1) is 15.0. The summed E-state index contributed by atoms with van der Waals surface area (Å²) in [6.45, 7) is 5.88. The minimum absolute atomic E-state index is 0.115. The van der Waals surface area contributed by atoms with Gasteiger partial charge in [0.25, 0.3) is 0 Å². The van der Waals surface area contributed by atoms with Crippen LogP contribution < -0.4 is 10.5 Å². The first-order valence-corrected chi connectivity index (χ1v) is 8.66. The molecule has 6 heteroatoms. The van der Waals surface area contributed by atoms with E-state index in [4.69, 9.17) is 5.14 Å². The van der Waals surface area contributed by atoms with Gasteiger partial charge in [-0.15, -0.1) is 11.3 Å². The van der Waals surface area contributed by atoms with E-state index in [0.717, 1.165) is 5.69 Å². The fourth-order valence-electron chi connectivity index (χ4n) is 2.21. The Balaban J connectivity index is 2.34. The van der Waals surface area contributed by atoms with E-state index in [0.29, 0.717) is 5.56 Å². The zero-order chi connectivity index (χ0) is 14.9. The molecule has 1 aromatic heterocycles. The summed E-state index contributed by atoms with van der Waals surface area (Å²) in [5.74, 6) is 0. The molecule has 1 aromatic carbocycles. The monoisotopic (exact) mass is 310 g/mol. The second-order valence-electron chi connectivity index (χ2n) is 4.81. The van der Waals surface area contributed by atoms with E-state index < -0.39 is 10.0 Å². The third-order valence-electron chi connectivity index (χ3n) is 3.26. The molecular formula is C14H18N2O2S2. The Morgan fingerprint density at radius 3 is 2.50 bits per heavy atom. The largest absolute Gasteiger partial charge is 0.377 e. The molecule has 2 rings (SSSR count). The molecular weight excluding hydrogens is 292 g/mol. The maximum atomic E-state index is 11.5. The molecule has 0 saturated heterocycles. The average molecular weight is 310 g/mol. The summed E-state index contributed by atoms with van der Waals surface area (Å²) in [5, 5.41) is 10.6. The van der Waals surface area contributed by atoms with Gasteiger partial charge in [-0.05, 0) is 55.5 Å². The molecule has 0 fully saturated rings. The first-order chi connectivity index (χ1) is 9.30. The fraction of sp³-hybridized carbons (Fsp3) is 0.286. The zero-order valence-corrected chi connectivity index (χ0v) is 13.3. The number of benzene rings is 1. The van der Waals surface area contributed by atoms with Crippen LogP contribution in [0.1, 0.15) is 29.0 Å². The maximum Gasteiger partial charge on any atom is 0.238 e. The van der Waals surface area contributed by atoms with E-state index in [-0.39, 0.29) is 10.9 Å². The maximum absolute atomic E-state index is 11.5. The third kappa shape index (κ3) is 3.03. The van der Waals surface area contributed by atoms with Gasteiger partial charge < -0.3 is 5.32 Å². The second-order valence-corrected chi connectivity index (χ2v) is 7.29. The summed E-state index contributed by atoms with van der Waals surface area (Å²) >= 11 is 1.69. The van der Waals surface area contributed by atoms with Crippen molar-refractivity contribution in [3.05, 3.63) is 45.6 Å². The van der Waals surface area contributed by atoms with E-state index in [9.17, 15) is 8.42 Å². The van der Waals surface area contributed by atoms with Crippen molar-refractivity contribution in [3.63, 3.8) is 0 Å². The molecule has 108 valence electrons. The number of hydrogen-bond acceptors (Lipinski definition) is 4. The van der Waals surface area contributed by atoms with Crippen molar-refractivity contribution >= 4 is 27.0 Å². The number of rotatable bonds is 4. The third-order valence-corrected chi connectivity index (χ3v) is 5.51. The molecule has 2 aromatic rings. The minimum Gasteiger partial charge on any atom is -0.377 e. The van der Waals surface area contributed by atoms with E-state index in [1.165, 1.54) is 16.5 Å². The van der Waals surface area contributed by atoms with Crippen molar-refractivity contribution in [2.75, 3.05) is 5.32 Å². The van der Waals surface area contributed by atoms with E-state index >= 15 is 0 Å². The molecule has 1 unspecified atom stereocenters. The van der Waals surface area contributed by atoms with Crippen molar-refractivity contribution in [3.8, 4) is 0 Å². The van der Waals surface area contributed by atoms with Crippen LogP contribution in [0.3, 0.4) is 0 Å². The molecule has 4 nitrogen and oxygen atoms in total. The van der Waals surface area contributed by atoms with E-state index in [1.54, 1.807) is 24.3 Å². The van der Waals surface area contributed by atoms with Crippen molar-refractivity contribution in [1.29, 1.82) is 0 Å². The Morgan fingerprint density at radius 2 is 1.95 bits per heavy atom. The molecule has 0 aliphatic heterocycles. The van der Waals surface area contributed by atoms with Crippen LogP contribution in [0.5, 0.6) is 0 Å². The lowest BCUT2D eigenvalue weighted by molar-refractivity contribution is 0.597. The molecule has 0 aliphatic rings. The predicted octanol–water partition coefficient (Wildman–Crippen LogP) is 3.19. The Morgan fingerprint density at radius 1 is 1.25 bits per heavy atom. The Bertz CT molecular complexity index is 721. The lowest BCUT2D eigenvalue weighted by atomic mass is 10.1. The van der Waals surface area contributed by atoms with Crippen molar-refractivity contribution < 1.29 is 8.42 Å². The number of nitrogens with one attached hydrogen (secondary N) is 1.